The largest absolute Gasteiger partial charge is 0.464 e. The maximum Gasteiger partial charge on any atom is 0.354 e. The Hall–Kier alpha value is -1.03. The lowest BCUT2D eigenvalue weighted by atomic mass is 10.3. The first-order valence-corrected chi connectivity index (χ1v) is 3.73. The molecule has 0 aromatic carbocycles. The molecule has 1 aliphatic rings. The number of methoxy groups -OCH3 is 2. The Kier molecular flexibility index (Phi) is 2.70. The Morgan fingerprint density at radius 2 is 2.33 bits per heavy atom. The van der Waals surface area contributed by atoms with E-state index >= 15 is 0 Å². The summed E-state index contributed by atoms with van der Waals surface area (Å²) in [5.41, 5.74) is 0.573. The number of esters is 1. The molecule has 4 heteroatoms. The molecule has 1 rings (SSSR count). The van der Waals surface area contributed by atoms with E-state index in [1.807, 2.05) is 11.9 Å². The highest BCUT2D eigenvalue weighted by Gasteiger charge is 2.25. The molecule has 4 nitrogen and oxygen atoms in total. The summed E-state index contributed by atoms with van der Waals surface area (Å²) in [6, 6.07) is 0. The molecule has 0 spiro atoms. The van der Waals surface area contributed by atoms with Crippen molar-refractivity contribution < 1.29 is 14.3 Å². The van der Waals surface area contributed by atoms with Crippen LogP contribution < -0.4 is 0 Å². The highest BCUT2D eigenvalue weighted by molar-refractivity contribution is 5.88. The van der Waals surface area contributed by atoms with Crippen LogP contribution in [0.5, 0.6) is 0 Å². The molecule has 1 unspecified atom stereocenters. The predicted molar refractivity (Wildman–Crippen MR) is 43.5 cm³/mol. The Labute approximate surface area is 71.7 Å². The summed E-state index contributed by atoms with van der Waals surface area (Å²) in [6.45, 7) is 0.709. The second-order valence-corrected chi connectivity index (χ2v) is 2.70. The van der Waals surface area contributed by atoms with Crippen LogP contribution in [0.25, 0.3) is 0 Å². The lowest BCUT2D eigenvalue weighted by molar-refractivity contribution is -0.137. The maximum absolute atomic E-state index is 11.1. The molecule has 12 heavy (non-hydrogen) atoms. The molecule has 0 saturated heterocycles. The van der Waals surface area contributed by atoms with E-state index in [2.05, 4.69) is 4.74 Å². The summed E-state index contributed by atoms with van der Waals surface area (Å²) in [4.78, 5) is 12.9. The molecule has 1 atom stereocenters. The van der Waals surface area contributed by atoms with Crippen LogP contribution >= 0.6 is 0 Å². The highest BCUT2D eigenvalue weighted by atomic mass is 16.5. The van der Waals surface area contributed by atoms with Gasteiger partial charge in [0, 0.05) is 20.7 Å². The van der Waals surface area contributed by atoms with Crippen LogP contribution in [-0.4, -0.2) is 44.8 Å². The van der Waals surface area contributed by atoms with Gasteiger partial charge in [0.25, 0.3) is 0 Å². The van der Waals surface area contributed by atoms with Crippen molar-refractivity contribution in [3.8, 4) is 0 Å². The van der Waals surface area contributed by atoms with E-state index < -0.39 is 0 Å². The SMILES string of the molecule is COC(=O)C1=CC(OC)CN1C. The highest BCUT2D eigenvalue weighted by Crippen LogP contribution is 2.15. The van der Waals surface area contributed by atoms with E-state index in [-0.39, 0.29) is 12.1 Å². The first-order valence-electron chi connectivity index (χ1n) is 3.73. The number of carbonyl (C=O) groups is 1. The molecule has 0 aromatic heterocycles. The minimum atomic E-state index is -0.308. The summed E-state index contributed by atoms with van der Waals surface area (Å²) in [5, 5.41) is 0. The Balaban J connectivity index is 2.69. The molecule has 0 radical (unpaired) electrons. The third kappa shape index (κ3) is 1.58. The minimum absolute atomic E-state index is 0.00380. The monoisotopic (exact) mass is 171 g/mol. The predicted octanol–water partition coefficient (Wildman–Crippen LogP) is 0.00370. The number of ether oxygens (including phenoxy) is 2. The molecule has 0 aromatic rings. The lowest BCUT2D eigenvalue weighted by Crippen LogP contribution is -2.23. The zero-order valence-corrected chi connectivity index (χ0v) is 7.53. The summed E-state index contributed by atoms with van der Waals surface area (Å²) >= 11 is 0. The Morgan fingerprint density at radius 1 is 1.67 bits per heavy atom. The molecule has 0 saturated carbocycles. The molecular formula is C8H13NO3. The first-order chi connectivity index (χ1) is 5.69. The average Bonchev–Trinajstić information content (AvgIpc) is 2.45. The van der Waals surface area contributed by atoms with Gasteiger partial charge in [-0.15, -0.1) is 0 Å². The van der Waals surface area contributed by atoms with Crippen LogP contribution in [0.1, 0.15) is 0 Å². The summed E-state index contributed by atoms with van der Waals surface area (Å²) < 4.78 is 9.67. The zero-order valence-electron chi connectivity index (χ0n) is 7.53. The van der Waals surface area contributed by atoms with Gasteiger partial charge in [-0.2, -0.15) is 0 Å². The summed E-state index contributed by atoms with van der Waals surface area (Å²) in [7, 11) is 4.83. The Morgan fingerprint density at radius 3 is 2.75 bits per heavy atom. The fourth-order valence-electron chi connectivity index (χ4n) is 1.20. The maximum atomic E-state index is 11.1. The normalized spacial score (nSPS) is 22.4. The number of carbonyl (C=O) groups excluding carboxylic acids is 1. The second-order valence-electron chi connectivity index (χ2n) is 2.70. The van der Waals surface area contributed by atoms with Gasteiger partial charge in [0.15, 0.2) is 0 Å². The van der Waals surface area contributed by atoms with Crippen molar-refractivity contribution >= 4 is 5.97 Å². The standard InChI is InChI=1S/C8H13NO3/c1-9-5-6(11-2)4-7(9)8(10)12-3/h4,6H,5H2,1-3H3. The quantitative estimate of drug-likeness (QED) is 0.548. The lowest BCUT2D eigenvalue weighted by Gasteiger charge is -2.14. The molecule has 1 heterocycles. The number of hydrogen-bond acceptors (Lipinski definition) is 4. The van der Waals surface area contributed by atoms with Crippen LogP contribution in [0, 0.1) is 0 Å². The van der Waals surface area contributed by atoms with Gasteiger partial charge < -0.3 is 14.4 Å². The van der Waals surface area contributed by atoms with Crippen molar-refractivity contribution in [3.05, 3.63) is 11.8 Å². The van der Waals surface area contributed by atoms with Crippen molar-refractivity contribution in [2.75, 3.05) is 27.8 Å². The molecule has 68 valence electrons. The van der Waals surface area contributed by atoms with Crippen molar-refractivity contribution in [2.45, 2.75) is 6.10 Å². The van der Waals surface area contributed by atoms with Crippen molar-refractivity contribution in [1.82, 2.24) is 4.90 Å². The van der Waals surface area contributed by atoms with Crippen LogP contribution in [0.4, 0.5) is 0 Å². The van der Waals surface area contributed by atoms with Crippen LogP contribution in [0.15, 0.2) is 11.8 Å². The molecular weight excluding hydrogens is 158 g/mol. The van der Waals surface area contributed by atoms with E-state index in [0.717, 1.165) is 0 Å². The van der Waals surface area contributed by atoms with Gasteiger partial charge >= 0.3 is 5.97 Å². The van der Waals surface area contributed by atoms with Gasteiger partial charge in [0.1, 0.15) is 5.70 Å². The van der Waals surface area contributed by atoms with Crippen LogP contribution in [-0.2, 0) is 14.3 Å². The smallest absolute Gasteiger partial charge is 0.354 e. The minimum Gasteiger partial charge on any atom is -0.464 e. The zero-order chi connectivity index (χ0) is 9.14. The number of rotatable bonds is 2. The average molecular weight is 171 g/mol. The van der Waals surface area contributed by atoms with E-state index in [0.29, 0.717) is 12.2 Å². The van der Waals surface area contributed by atoms with Gasteiger partial charge in [-0.05, 0) is 6.08 Å². The third-order valence-electron chi connectivity index (χ3n) is 1.91. The van der Waals surface area contributed by atoms with Crippen LogP contribution in [0.3, 0.4) is 0 Å². The summed E-state index contributed by atoms with van der Waals surface area (Å²) in [6.07, 6.45) is 1.77. The van der Waals surface area contributed by atoms with Crippen LogP contribution in [0.2, 0.25) is 0 Å². The van der Waals surface area contributed by atoms with Gasteiger partial charge in [-0.25, -0.2) is 4.79 Å². The summed E-state index contributed by atoms with van der Waals surface area (Å²) in [5.74, 6) is -0.308. The number of hydrogen-bond donors (Lipinski definition) is 0. The van der Waals surface area contributed by atoms with E-state index in [4.69, 9.17) is 4.74 Å². The Bertz CT molecular complexity index is 212. The van der Waals surface area contributed by atoms with Gasteiger partial charge in [-0.3, -0.25) is 0 Å². The molecule has 0 amide bonds. The number of likely N-dealkylation sites (N-methyl/N-ethyl adjacent to an activating group) is 1. The number of nitrogens with zero attached hydrogens (tertiary/aromatic N) is 1. The van der Waals surface area contributed by atoms with E-state index in [9.17, 15) is 4.79 Å². The van der Waals surface area contributed by atoms with Gasteiger partial charge in [0.2, 0.25) is 0 Å². The molecule has 1 aliphatic heterocycles. The molecule has 0 fully saturated rings. The fraction of sp³-hybridized carbons (Fsp3) is 0.625. The van der Waals surface area contributed by atoms with Crippen molar-refractivity contribution in [2.24, 2.45) is 0 Å². The fourth-order valence-corrected chi connectivity index (χ4v) is 1.20. The molecule has 0 bridgehead atoms. The van der Waals surface area contributed by atoms with Crippen molar-refractivity contribution in [1.29, 1.82) is 0 Å². The van der Waals surface area contributed by atoms with Gasteiger partial charge in [-0.1, -0.05) is 0 Å². The van der Waals surface area contributed by atoms with E-state index in [1.54, 1.807) is 13.2 Å². The van der Waals surface area contributed by atoms with Gasteiger partial charge in [0.05, 0.1) is 13.2 Å². The third-order valence-corrected chi connectivity index (χ3v) is 1.91. The molecule has 0 aliphatic carbocycles. The topological polar surface area (TPSA) is 38.8 Å². The van der Waals surface area contributed by atoms with E-state index in [1.165, 1.54) is 7.11 Å². The first kappa shape index (κ1) is 9.06. The second kappa shape index (κ2) is 3.58. The van der Waals surface area contributed by atoms with Crippen molar-refractivity contribution in [3.63, 3.8) is 0 Å². The molecule has 0 N–H and O–H groups in total.